The van der Waals surface area contributed by atoms with Gasteiger partial charge in [-0.25, -0.2) is 4.79 Å². The molecule has 4 nitrogen and oxygen atoms in total. The van der Waals surface area contributed by atoms with E-state index in [2.05, 4.69) is 0 Å². The number of aryl methyl sites for hydroxylation is 1. The van der Waals surface area contributed by atoms with Crippen LogP contribution in [0, 0.1) is 0 Å². The van der Waals surface area contributed by atoms with Crippen molar-refractivity contribution >= 4 is 22.6 Å². The first-order valence-corrected chi connectivity index (χ1v) is 8.54. The van der Waals surface area contributed by atoms with Crippen molar-refractivity contribution in [2.75, 3.05) is 0 Å². The molecule has 0 saturated carbocycles. The summed E-state index contributed by atoms with van der Waals surface area (Å²) in [6.07, 6.45) is 3.96. The van der Waals surface area contributed by atoms with Crippen molar-refractivity contribution in [2.24, 2.45) is 0 Å². The van der Waals surface area contributed by atoms with Crippen LogP contribution in [0.3, 0.4) is 0 Å². The molecule has 0 aliphatic heterocycles. The van der Waals surface area contributed by atoms with E-state index in [9.17, 15) is 4.79 Å². The topological polar surface area (TPSA) is 70.9 Å². The molecule has 2 N–H and O–H groups in total. The fourth-order valence-corrected chi connectivity index (χ4v) is 3.39. The molecule has 0 unspecified atom stereocenters. The fraction of sp³-hybridized carbons (Fsp3) is 0.250. The number of ether oxygens (including phenoxy) is 1. The fourth-order valence-electron chi connectivity index (χ4n) is 3.26. The van der Waals surface area contributed by atoms with Crippen LogP contribution < -0.4 is 10.4 Å². The van der Waals surface area contributed by atoms with Crippen LogP contribution in [0.2, 0.25) is 5.02 Å². The third-order valence-electron chi connectivity index (χ3n) is 4.51. The summed E-state index contributed by atoms with van der Waals surface area (Å²) in [5.41, 5.74) is 3.44. The van der Waals surface area contributed by atoms with Crippen LogP contribution in [0.4, 0.5) is 0 Å². The van der Waals surface area contributed by atoms with Crippen molar-refractivity contribution in [3.05, 3.63) is 74.6 Å². The summed E-state index contributed by atoms with van der Waals surface area (Å²) in [7, 11) is 0. The van der Waals surface area contributed by atoms with Crippen LogP contribution in [0.1, 0.15) is 29.5 Å². The molecule has 1 aromatic heterocycles. The highest BCUT2D eigenvalue weighted by atomic mass is 35.5. The third kappa shape index (κ3) is 3.55. The predicted octanol–water partition coefficient (Wildman–Crippen LogP) is 4.08. The normalized spacial score (nSPS) is 13.2. The van der Waals surface area contributed by atoms with Crippen molar-refractivity contribution in [3.63, 3.8) is 0 Å². The molecule has 4 rings (SSSR count). The quantitative estimate of drug-likeness (QED) is 0.662. The van der Waals surface area contributed by atoms with Crippen LogP contribution in [0.5, 0.6) is 5.75 Å². The van der Waals surface area contributed by atoms with Crippen molar-refractivity contribution in [3.8, 4) is 5.75 Å². The standard InChI is InChI=1S/C20H17ClO3.H2O/c21-14-7-5-13(6-8-14)12-23-15-9-10-17-16-3-1-2-4-18(16)20(22)24-19(17)11-15;/h5-11H,1-4,12H2;1H2. The second kappa shape index (κ2) is 7.30. The summed E-state index contributed by atoms with van der Waals surface area (Å²) in [5.74, 6) is 0.691. The Morgan fingerprint density at radius 2 is 1.72 bits per heavy atom. The SMILES string of the molecule is O.O=c1oc2cc(OCc3ccc(Cl)cc3)ccc2c2c1CCCC2. The lowest BCUT2D eigenvalue weighted by atomic mass is 9.91. The minimum absolute atomic E-state index is 0. The number of hydrogen-bond donors (Lipinski definition) is 0. The van der Waals surface area contributed by atoms with Crippen molar-refractivity contribution in [2.45, 2.75) is 32.3 Å². The van der Waals surface area contributed by atoms with Gasteiger partial charge in [-0.15, -0.1) is 0 Å². The Morgan fingerprint density at radius 1 is 1.00 bits per heavy atom. The Morgan fingerprint density at radius 3 is 2.48 bits per heavy atom. The van der Waals surface area contributed by atoms with Crippen LogP contribution in [0.25, 0.3) is 11.0 Å². The zero-order valence-corrected chi connectivity index (χ0v) is 14.4. The van der Waals surface area contributed by atoms with Gasteiger partial charge < -0.3 is 14.6 Å². The van der Waals surface area contributed by atoms with E-state index in [1.807, 2.05) is 42.5 Å². The highest BCUT2D eigenvalue weighted by molar-refractivity contribution is 6.30. The van der Waals surface area contributed by atoms with Gasteiger partial charge in [-0.05, 0) is 61.1 Å². The van der Waals surface area contributed by atoms with E-state index in [1.165, 1.54) is 0 Å². The van der Waals surface area contributed by atoms with Crippen LogP contribution >= 0.6 is 11.6 Å². The Kier molecular flexibility index (Phi) is 5.11. The molecule has 0 atom stereocenters. The highest BCUT2D eigenvalue weighted by Crippen LogP contribution is 2.29. The average molecular weight is 359 g/mol. The van der Waals surface area contributed by atoms with E-state index in [-0.39, 0.29) is 11.1 Å². The van der Waals surface area contributed by atoms with Crippen molar-refractivity contribution in [1.82, 2.24) is 0 Å². The number of halogens is 1. The second-order valence-electron chi connectivity index (χ2n) is 6.13. The van der Waals surface area contributed by atoms with Crippen molar-refractivity contribution < 1.29 is 14.6 Å². The Labute approximate surface area is 150 Å². The van der Waals surface area contributed by atoms with E-state index in [1.54, 1.807) is 0 Å². The minimum atomic E-state index is -0.202. The van der Waals surface area contributed by atoms with Gasteiger partial charge in [-0.1, -0.05) is 23.7 Å². The van der Waals surface area contributed by atoms with Gasteiger partial charge in [0.05, 0.1) is 0 Å². The Balaban J connectivity index is 0.00000182. The van der Waals surface area contributed by atoms with E-state index in [0.717, 1.165) is 47.8 Å². The molecule has 0 radical (unpaired) electrons. The number of fused-ring (bicyclic) bond motifs is 3. The van der Waals surface area contributed by atoms with Gasteiger partial charge in [0.25, 0.3) is 0 Å². The van der Waals surface area contributed by atoms with Crippen LogP contribution in [0.15, 0.2) is 51.7 Å². The molecule has 130 valence electrons. The molecule has 0 fully saturated rings. The van der Waals surface area contributed by atoms with Gasteiger partial charge in [0.15, 0.2) is 0 Å². The van der Waals surface area contributed by atoms with E-state index in [4.69, 9.17) is 20.8 Å². The Hall–Kier alpha value is -2.30. The summed E-state index contributed by atoms with van der Waals surface area (Å²) >= 11 is 5.88. The molecule has 25 heavy (non-hydrogen) atoms. The lowest BCUT2D eigenvalue weighted by Gasteiger charge is -2.16. The molecular weight excluding hydrogens is 340 g/mol. The zero-order chi connectivity index (χ0) is 16.5. The minimum Gasteiger partial charge on any atom is -0.489 e. The van der Waals surface area contributed by atoms with E-state index < -0.39 is 0 Å². The lowest BCUT2D eigenvalue weighted by molar-refractivity contribution is 0.306. The second-order valence-corrected chi connectivity index (χ2v) is 6.56. The summed E-state index contributed by atoms with van der Waals surface area (Å²) in [4.78, 5) is 12.2. The maximum atomic E-state index is 12.2. The smallest absolute Gasteiger partial charge is 0.339 e. The molecule has 0 amide bonds. The first-order chi connectivity index (χ1) is 11.7. The van der Waals surface area contributed by atoms with Gasteiger partial charge in [0.2, 0.25) is 0 Å². The maximum Gasteiger partial charge on any atom is 0.339 e. The first-order valence-electron chi connectivity index (χ1n) is 8.16. The molecule has 1 heterocycles. The third-order valence-corrected chi connectivity index (χ3v) is 4.77. The molecule has 0 spiro atoms. The highest BCUT2D eigenvalue weighted by Gasteiger charge is 2.18. The number of benzene rings is 2. The maximum absolute atomic E-state index is 12.2. The van der Waals surface area contributed by atoms with Gasteiger partial charge in [0, 0.05) is 22.0 Å². The monoisotopic (exact) mass is 358 g/mol. The van der Waals surface area contributed by atoms with Gasteiger partial charge >= 0.3 is 5.63 Å². The van der Waals surface area contributed by atoms with Gasteiger partial charge in [-0.2, -0.15) is 0 Å². The molecule has 1 aliphatic carbocycles. The molecular formula is C20H19ClO4. The zero-order valence-electron chi connectivity index (χ0n) is 13.7. The Bertz CT molecular complexity index is 944. The summed E-state index contributed by atoms with van der Waals surface area (Å²) in [6, 6.07) is 13.3. The van der Waals surface area contributed by atoms with Crippen molar-refractivity contribution in [1.29, 1.82) is 0 Å². The molecule has 0 bridgehead atoms. The van der Waals surface area contributed by atoms with Crippen LogP contribution in [-0.4, -0.2) is 5.48 Å². The summed E-state index contributed by atoms with van der Waals surface area (Å²) in [5, 5.41) is 1.74. The van der Waals surface area contributed by atoms with Crippen LogP contribution in [-0.2, 0) is 19.4 Å². The number of hydrogen-bond acceptors (Lipinski definition) is 3. The molecule has 5 heteroatoms. The molecule has 2 aromatic carbocycles. The first kappa shape index (κ1) is 17.5. The average Bonchev–Trinajstić information content (AvgIpc) is 2.61. The molecule has 0 saturated heterocycles. The summed E-state index contributed by atoms with van der Waals surface area (Å²) < 4.78 is 11.3. The molecule has 1 aliphatic rings. The van der Waals surface area contributed by atoms with Gasteiger partial charge in [0.1, 0.15) is 17.9 Å². The number of rotatable bonds is 3. The van der Waals surface area contributed by atoms with E-state index in [0.29, 0.717) is 23.0 Å². The summed E-state index contributed by atoms with van der Waals surface area (Å²) in [6.45, 7) is 0.442. The van der Waals surface area contributed by atoms with E-state index >= 15 is 0 Å². The van der Waals surface area contributed by atoms with Gasteiger partial charge in [-0.3, -0.25) is 0 Å². The largest absolute Gasteiger partial charge is 0.489 e. The lowest BCUT2D eigenvalue weighted by Crippen LogP contribution is -2.15. The predicted molar refractivity (Wildman–Crippen MR) is 98.5 cm³/mol. The molecule has 3 aromatic rings.